The molecular weight excluding hydrogens is 663 g/mol. The van der Waals surface area contributed by atoms with E-state index in [4.69, 9.17) is 18.8 Å². The van der Waals surface area contributed by atoms with Gasteiger partial charge in [-0.3, -0.25) is 23.7 Å². The summed E-state index contributed by atoms with van der Waals surface area (Å²) < 4.78 is 119. The summed E-state index contributed by atoms with van der Waals surface area (Å²) in [4.78, 5) is 46.9. The zero-order chi connectivity index (χ0) is 35.2. The number of carbonyl (C=O) groups excluding carboxylic acids is 4. The van der Waals surface area contributed by atoms with Gasteiger partial charge in [0.05, 0.1) is 0 Å². The molecule has 1 N–H and O–H groups in total. The molecule has 12 atom stereocenters. The van der Waals surface area contributed by atoms with E-state index in [9.17, 15) is 49.5 Å². The van der Waals surface area contributed by atoms with Gasteiger partial charge in [-0.2, -0.15) is 30.4 Å². The van der Waals surface area contributed by atoms with Crippen LogP contribution in [0.25, 0.3) is 0 Å². The van der Waals surface area contributed by atoms with Crippen LogP contribution in [-0.4, -0.2) is 74.2 Å². The minimum absolute atomic E-state index is 0.0285. The zero-order valence-electron chi connectivity index (χ0n) is 26.2. The molecule has 0 heterocycles. The first-order valence-corrected chi connectivity index (χ1v) is 17.1. The number of fused-ring (bicyclic) bond motifs is 5. The second-order valence-electron chi connectivity index (χ2n) is 14.1. The Morgan fingerprint density at radius 2 is 1.57 bits per heavy atom. The van der Waals surface area contributed by atoms with Gasteiger partial charge < -0.3 is 18.9 Å². The van der Waals surface area contributed by atoms with E-state index in [1.807, 2.05) is 6.92 Å². The van der Waals surface area contributed by atoms with Gasteiger partial charge in [-0.25, -0.2) is 0 Å². The lowest BCUT2D eigenvalue weighted by atomic mass is 9.43. The Balaban J connectivity index is 1.56. The Kier molecular flexibility index (Phi) is 10.6. The molecule has 0 saturated heterocycles. The van der Waals surface area contributed by atoms with Gasteiger partial charge in [-0.05, 0) is 86.4 Å². The number of hydrogen-bond donors (Lipinski definition) is 1. The molecule has 4 aliphatic carbocycles. The predicted octanol–water partition coefficient (Wildman–Crippen LogP) is 4.86. The smallest absolute Gasteiger partial charge is 0.432 e. The Morgan fingerprint density at radius 3 is 2.15 bits per heavy atom. The molecule has 0 spiro atoms. The van der Waals surface area contributed by atoms with Crippen molar-refractivity contribution < 1.29 is 73.0 Å². The molecule has 0 amide bonds. The number of halogens is 5. The number of ether oxygens (including phenoxy) is 4. The standard InChI is InChI=1S/C30H41F5O11S/c1-16(4-7-24(39)46-26(29(31,32)33)30(34,35)47(40,41)42)19-5-6-20-25-21(12-23(45-15-38)28(19,20)3)27(2)9-8-18(43-13-36)10-17(27)11-22(25)44-14-37/h13-23,25-26H,4-12H2,1-3H3,(H,40,41,42)/t16-,17?,18-,19-,20+,21+,22-,23+,25+,26?,27+,28-/m1/s1. The molecule has 0 radical (unpaired) electrons. The molecule has 0 aromatic carbocycles. The summed E-state index contributed by atoms with van der Waals surface area (Å²) in [6.45, 7) is 7.07. The molecule has 17 heteroatoms. The van der Waals surface area contributed by atoms with Gasteiger partial charge >= 0.3 is 27.5 Å². The van der Waals surface area contributed by atoms with Gasteiger partial charge in [-0.15, -0.1) is 0 Å². The summed E-state index contributed by atoms with van der Waals surface area (Å²) in [7, 11) is -6.57. The maximum absolute atomic E-state index is 13.9. The van der Waals surface area contributed by atoms with Gasteiger partial charge in [0.15, 0.2) is 0 Å². The van der Waals surface area contributed by atoms with E-state index in [2.05, 4.69) is 11.7 Å². The Hall–Kier alpha value is -2.56. The molecule has 0 aromatic rings. The largest absolute Gasteiger partial charge is 0.465 e. The number of hydrogen-bond acceptors (Lipinski definition) is 10. The highest BCUT2D eigenvalue weighted by atomic mass is 32.2. The zero-order valence-corrected chi connectivity index (χ0v) is 27.0. The third kappa shape index (κ3) is 6.71. The molecule has 4 fully saturated rings. The SMILES string of the molecule is C[C@H](CCC(=O)OC(C(F)(F)F)C(F)(F)S(=O)(=O)O)[C@H]1CC[C@H]2[C@@H]3[C@H](OC=O)CC4C[C@H](OC=O)CC[C@]4(C)[C@H]3C[C@H](OC=O)[C@]12C. The topological polar surface area (TPSA) is 160 Å². The molecule has 0 bridgehead atoms. The second-order valence-corrected chi connectivity index (χ2v) is 15.6. The number of rotatable bonds is 13. The van der Waals surface area contributed by atoms with Gasteiger partial charge in [0.2, 0.25) is 0 Å². The van der Waals surface area contributed by atoms with E-state index < -0.39 is 63.6 Å². The predicted molar refractivity (Wildman–Crippen MR) is 150 cm³/mol. The van der Waals surface area contributed by atoms with Gasteiger partial charge in [0, 0.05) is 17.8 Å². The van der Waals surface area contributed by atoms with Crippen molar-refractivity contribution in [2.24, 2.45) is 46.3 Å². The lowest BCUT2D eigenvalue weighted by Crippen LogP contribution is -2.63. The van der Waals surface area contributed by atoms with E-state index in [0.29, 0.717) is 57.9 Å². The Bertz CT molecular complexity index is 1300. The van der Waals surface area contributed by atoms with Crippen LogP contribution in [0.5, 0.6) is 0 Å². The lowest BCUT2D eigenvalue weighted by molar-refractivity contribution is -0.259. The minimum Gasteiger partial charge on any atom is -0.465 e. The Labute approximate surface area is 269 Å². The molecular formula is C30H41F5O11S. The van der Waals surface area contributed by atoms with Crippen molar-refractivity contribution in [2.75, 3.05) is 0 Å². The number of esters is 1. The minimum atomic E-state index is -6.57. The first-order valence-electron chi connectivity index (χ1n) is 15.7. The van der Waals surface area contributed by atoms with Crippen molar-refractivity contribution in [3.8, 4) is 0 Å². The highest BCUT2D eigenvalue weighted by Crippen LogP contribution is 2.69. The Morgan fingerprint density at radius 1 is 0.936 bits per heavy atom. The van der Waals surface area contributed by atoms with Crippen LogP contribution >= 0.6 is 0 Å². The highest BCUT2D eigenvalue weighted by Gasteiger charge is 2.68. The van der Waals surface area contributed by atoms with E-state index in [-0.39, 0.29) is 47.5 Å². The fourth-order valence-corrected chi connectivity index (χ4v) is 10.4. The van der Waals surface area contributed by atoms with E-state index >= 15 is 0 Å². The molecule has 4 rings (SSSR count). The average Bonchev–Trinajstić information content (AvgIpc) is 3.33. The first kappa shape index (κ1) is 37.3. The second kappa shape index (κ2) is 13.4. The van der Waals surface area contributed by atoms with E-state index in [0.717, 1.165) is 6.42 Å². The third-order valence-corrected chi connectivity index (χ3v) is 13.0. The first-order chi connectivity index (χ1) is 21.8. The average molecular weight is 705 g/mol. The number of carbonyl (C=O) groups is 4. The maximum Gasteiger partial charge on any atom is 0.432 e. The van der Waals surface area contributed by atoms with Crippen molar-refractivity contribution in [1.29, 1.82) is 0 Å². The molecule has 4 saturated carbocycles. The third-order valence-electron chi connectivity index (χ3n) is 12.1. The normalized spacial score (nSPS) is 38.4. The van der Waals surface area contributed by atoms with Crippen LogP contribution in [0.15, 0.2) is 0 Å². The summed E-state index contributed by atoms with van der Waals surface area (Å²) in [5.41, 5.74) is -0.960. The molecule has 11 nitrogen and oxygen atoms in total. The van der Waals surface area contributed by atoms with E-state index in [1.54, 1.807) is 6.92 Å². The van der Waals surface area contributed by atoms with Gasteiger partial charge in [-0.1, -0.05) is 20.8 Å². The van der Waals surface area contributed by atoms with Gasteiger partial charge in [0.25, 0.3) is 25.5 Å². The van der Waals surface area contributed by atoms with Crippen molar-refractivity contribution in [1.82, 2.24) is 0 Å². The molecule has 4 aliphatic rings. The van der Waals surface area contributed by atoms with Crippen molar-refractivity contribution in [3.63, 3.8) is 0 Å². The quantitative estimate of drug-likeness (QED) is 0.0917. The van der Waals surface area contributed by atoms with Crippen LogP contribution < -0.4 is 0 Å². The summed E-state index contributed by atoms with van der Waals surface area (Å²) in [5.74, 6) is -2.64. The van der Waals surface area contributed by atoms with Crippen molar-refractivity contribution >= 4 is 35.5 Å². The highest BCUT2D eigenvalue weighted by molar-refractivity contribution is 7.86. The fourth-order valence-electron chi connectivity index (χ4n) is 9.95. The van der Waals surface area contributed by atoms with Crippen LogP contribution in [0.2, 0.25) is 0 Å². The van der Waals surface area contributed by atoms with Crippen LogP contribution in [0.3, 0.4) is 0 Å². The molecule has 0 aromatic heterocycles. The molecule has 47 heavy (non-hydrogen) atoms. The number of alkyl halides is 5. The molecule has 2 unspecified atom stereocenters. The fraction of sp³-hybridized carbons (Fsp3) is 0.867. The monoisotopic (exact) mass is 704 g/mol. The summed E-state index contributed by atoms with van der Waals surface area (Å²) in [5, 5.41) is -5.83. The van der Waals surface area contributed by atoms with Crippen LogP contribution in [-0.2, 0) is 48.2 Å². The van der Waals surface area contributed by atoms with E-state index in [1.165, 1.54) is 0 Å². The lowest BCUT2D eigenvalue weighted by Gasteiger charge is -2.64. The van der Waals surface area contributed by atoms with Crippen LogP contribution in [0.4, 0.5) is 22.0 Å². The molecule has 268 valence electrons. The van der Waals surface area contributed by atoms with Crippen molar-refractivity contribution in [3.05, 3.63) is 0 Å². The van der Waals surface area contributed by atoms with Crippen LogP contribution in [0.1, 0.15) is 78.6 Å². The maximum atomic E-state index is 13.9. The molecule has 0 aliphatic heterocycles. The summed E-state index contributed by atoms with van der Waals surface area (Å²) >= 11 is 0. The summed E-state index contributed by atoms with van der Waals surface area (Å²) in [6.07, 6.45) is -8.48. The van der Waals surface area contributed by atoms with Crippen LogP contribution in [0, 0.1) is 46.3 Å². The van der Waals surface area contributed by atoms with Gasteiger partial charge in [0.1, 0.15) is 18.3 Å². The summed E-state index contributed by atoms with van der Waals surface area (Å²) in [6, 6.07) is 0. The van der Waals surface area contributed by atoms with Crippen molar-refractivity contribution in [2.45, 2.75) is 114 Å².